The Hall–Kier alpha value is -1.06. The second-order valence-corrected chi connectivity index (χ2v) is 4.18. The monoisotopic (exact) mass is 228 g/mol. The molecule has 1 aliphatic carbocycles. The van der Waals surface area contributed by atoms with E-state index in [2.05, 4.69) is 0 Å². The molecule has 0 saturated heterocycles. The average Bonchev–Trinajstić information content (AvgIpc) is 2.29. The topological polar surface area (TPSA) is 52.6 Å². The number of carbonyl (C=O) groups is 2. The second-order valence-electron chi connectivity index (χ2n) is 4.18. The third kappa shape index (κ3) is 3.51. The predicted octanol–water partition coefficient (Wildman–Crippen LogP) is 1.92. The van der Waals surface area contributed by atoms with Crippen molar-refractivity contribution in [3.8, 4) is 0 Å². The lowest BCUT2D eigenvalue weighted by molar-refractivity contribution is -0.151. The maximum absolute atomic E-state index is 11.5. The minimum Gasteiger partial charge on any atom is -0.469 e. The normalized spacial score (nSPS) is 24.9. The van der Waals surface area contributed by atoms with Crippen LogP contribution in [0.2, 0.25) is 0 Å². The van der Waals surface area contributed by atoms with Crippen LogP contribution in [-0.4, -0.2) is 25.7 Å². The lowest BCUT2D eigenvalue weighted by Crippen LogP contribution is -2.30. The molecule has 0 radical (unpaired) electrons. The van der Waals surface area contributed by atoms with E-state index in [1.54, 1.807) is 6.92 Å². The van der Waals surface area contributed by atoms with E-state index < -0.39 is 0 Å². The van der Waals surface area contributed by atoms with E-state index >= 15 is 0 Å². The molecule has 0 heterocycles. The van der Waals surface area contributed by atoms with Crippen molar-refractivity contribution in [1.29, 1.82) is 0 Å². The Labute approximate surface area is 96.3 Å². The van der Waals surface area contributed by atoms with Gasteiger partial charge in [0.2, 0.25) is 0 Å². The zero-order valence-electron chi connectivity index (χ0n) is 10.0. The van der Waals surface area contributed by atoms with Crippen LogP contribution in [0.3, 0.4) is 0 Å². The zero-order chi connectivity index (χ0) is 12.0. The van der Waals surface area contributed by atoms with Crippen LogP contribution in [-0.2, 0) is 19.1 Å². The highest BCUT2D eigenvalue weighted by atomic mass is 16.5. The van der Waals surface area contributed by atoms with Gasteiger partial charge in [0.1, 0.15) is 0 Å². The molecule has 4 nitrogen and oxygen atoms in total. The fourth-order valence-electron chi connectivity index (χ4n) is 2.35. The number of hydrogen-bond donors (Lipinski definition) is 0. The predicted molar refractivity (Wildman–Crippen MR) is 58.7 cm³/mol. The van der Waals surface area contributed by atoms with Crippen molar-refractivity contribution in [2.45, 2.75) is 39.0 Å². The van der Waals surface area contributed by atoms with E-state index in [4.69, 9.17) is 9.47 Å². The lowest BCUT2D eigenvalue weighted by atomic mass is 9.77. The van der Waals surface area contributed by atoms with E-state index in [0.29, 0.717) is 13.0 Å². The van der Waals surface area contributed by atoms with Crippen molar-refractivity contribution in [2.24, 2.45) is 11.8 Å². The molecule has 1 saturated carbocycles. The third-order valence-corrected chi connectivity index (χ3v) is 3.15. The van der Waals surface area contributed by atoms with Crippen LogP contribution < -0.4 is 0 Å². The fraction of sp³-hybridized carbons (Fsp3) is 0.833. The third-order valence-electron chi connectivity index (χ3n) is 3.15. The molecule has 0 spiro atoms. The molecule has 0 N–H and O–H groups in total. The Morgan fingerprint density at radius 1 is 1.25 bits per heavy atom. The van der Waals surface area contributed by atoms with Crippen molar-refractivity contribution in [2.75, 3.05) is 13.7 Å². The summed E-state index contributed by atoms with van der Waals surface area (Å²) in [7, 11) is 1.40. The first kappa shape index (κ1) is 13.0. The maximum atomic E-state index is 11.5. The molecule has 2 atom stereocenters. The lowest BCUT2D eigenvalue weighted by Gasteiger charge is -2.28. The van der Waals surface area contributed by atoms with Gasteiger partial charge in [-0.05, 0) is 25.7 Å². The summed E-state index contributed by atoms with van der Waals surface area (Å²) in [4.78, 5) is 22.9. The highest BCUT2D eigenvalue weighted by Gasteiger charge is 2.33. The van der Waals surface area contributed by atoms with Crippen LogP contribution in [0.15, 0.2) is 0 Å². The van der Waals surface area contributed by atoms with Gasteiger partial charge in [-0.3, -0.25) is 9.59 Å². The highest BCUT2D eigenvalue weighted by molar-refractivity contribution is 5.75. The Balaban J connectivity index is 2.53. The molecule has 16 heavy (non-hydrogen) atoms. The Morgan fingerprint density at radius 2 is 1.94 bits per heavy atom. The molecular formula is C12H20O4. The molecule has 0 amide bonds. The van der Waals surface area contributed by atoms with Gasteiger partial charge in [0.05, 0.1) is 19.6 Å². The van der Waals surface area contributed by atoms with E-state index in [1.165, 1.54) is 7.11 Å². The van der Waals surface area contributed by atoms with Gasteiger partial charge in [-0.15, -0.1) is 0 Å². The van der Waals surface area contributed by atoms with Crippen molar-refractivity contribution in [3.05, 3.63) is 0 Å². The maximum Gasteiger partial charge on any atom is 0.308 e. The summed E-state index contributed by atoms with van der Waals surface area (Å²) >= 11 is 0. The summed E-state index contributed by atoms with van der Waals surface area (Å²) in [6.45, 7) is 2.19. The van der Waals surface area contributed by atoms with Gasteiger partial charge < -0.3 is 9.47 Å². The quantitative estimate of drug-likeness (QED) is 0.690. The van der Waals surface area contributed by atoms with Gasteiger partial charge in [-0.1, -0.05) is 12.8 Å². The first-order valence-corrected chi connectivity index (χ1v) is 5.92. The molecule has 0 aromatic heterocycles. The summed E-state index contributed by atoms with van der Waals surface area (Å²) < 4.78 is 9.69. The molecule has 0 aromatic rings. The molecule has 2 unspecified atom stereocenters. The first-order chi connectivity index (χ1) is 7.69. The Kier molecular flexibility index (Phi) is 5.29. The first-order valence-electron chi connectivity index (χ1n) is 5.92. The molecule has 1 rings (SSSR count). The minimum absolute atomic E-state index is 0.0975. The van der Waals surface area contributed by atoms with E-state index in [-0.39, 0.29) is 23.8 Å². The standard InChI is InChI=1S/C12H20O4/c1-3-16-11(13)8-9-6-4-5-7-10(9)12(14)15-2/h9-10H,3-8H2,1-2H3. The van der Waals surface area contributed by atoms with Crippen LogP contribution in [0.25, 0.3) is 0 Å². The van der Waals surface area contributed by atoms with Crippen molar-refractivity contribution < 1.29 is 19.1 Å². The molecule has 0 aliphatic heterocycles. The summed E-state index contributed by atoms with van der Waals surface area (Å²) in [6, 6.07) is 0. The molecule has 0 aromatic carbocycles. The van der Waals surface area contributed by atoms with Crippen LogP contribution in [0.5, 0.6) is 0 Å². The van der Waals surface area contributed by atoms with Gasteiger partial charge >= 0.3 is 11.9 Å². The van der Waals surface area contributed by atoms with Crippen LogP contribution in [0.4, 0.5) is 0 Å². The smallest absolute Gasteiger partial charge is 0.308 e. The highest BCUT2D eigenvalue weighted by Crippen LogP contribution is 2.33. The number of ether oxygens (including phenoxy) is 2. The summed E-state index contributed by atoms with van der Waals surface area (Å²) in [5.41, 5.74) is 0. The summed E-state index contributed by atoms with van der Waals surface area (Å²) in [5.74, 6) is -0.416. The van der Waals surface area contributed by atoms with Crippen LogP contribution >= 0.6 is 0 Å². The van der Waals surface area contributed by atoms with E-state index in [9.17, 15) is 9.59 Å². The van der Waals surface area contributed by atoms with Gasteiger partial charge in [-0.25, -0.2) is 0 Å². The Morgan fingerprint density at radius 3 is 2.56 bits per heavy atom. The number of esters is 2. The van der Waals surface area contributed by atoms with E-state index in [0.717, 1.165) is 25.7 Å². The van der Waals surface area contributed by atoms with Crippen molar-refractivity contribution >= 4 is 11.9 Å². The SMILES string of the molecule is CCOC(=O)CC1CCCCC1C(=O)OC. The molecule has 0 bridgehead atoms. The van der Waals surface area contributed by atoms with Crippen molar-refractivity contribution in [1.82, 2.24) is 0 Å². The average molecular weight is 228 g/mol. The number of rotatable bonds is 4. The zero-order valence-corrected chi connectivity index (χ0v) is 10.0. The minimum atomic E-state index is -0.205. The molecule has 1 aliphatic rings. The van der Waals surface area contributed by atoms with Gasteiger partial charge in [0, 0.05) is 6.42 Å². The fourth-order valence-corrected chi connectivity index (χ4v) is 2.35. The molecule has 4 heteroatoms. The molecular weight excluding hydrogens is 208 g/mol. The number of methoxy groups -OCH3 is 1. The van der Waals surface area contributed by atoms with Gasteiger partial charge in [0.15, 0.2) is 0 Å². The number of hydrogen-bond acceptors (Lipinski definition) is 4. The van der Waals surface area contributed by atoms with Crippen molar-refractivity contribution in [3.63, 3.8) is 0 Å². The van der Waals surface area contributed by atoms with E-state index in [1.807, 2.05) is 0 Å². The second kappa shape index (κ2) is 6.51. The van der Waals surface area contributed by atoms with Crippen LogP contribution in [0, 0.1) is 11.8 Å². The Bertz CT molecular complexity index is 249. The molecule has 92 valence electrons. The largest absolute Gasteiger partial charge is 0.469 e. The molecule has 1 fully saturated rings. The van der Waals surface area contributed by atoms with Gasteiger partial charge in [0.25, 0.3) is 0 Å². The summed E-state index contributed by atoms with van der Waals surface area (Å²) in [6.07, 6.45) is 4.21. The van der Waals surface area contributed by atoms with Gasteiger partial charge in [-0.2, -0.15) is 0 Å². The van der Waals surface area contributed by atoms with Crippen LogP contribution in [0.1, 0.15) is 39.0 Å². The number of carbonyl (C=O) groups excluding carboxylic acids is 2. The summed E-state index contributed by atoms with van der Waals surface area (Å²) in [5, 5.41) is 0.